The number of rotatable bonds is 5. The van der Waals surface area contributed by atoms with Crippen molar-refractivity contribution in [2.24, 2.45) is 0 Å². The standard InChI is InChI=1S/C22H29NO8S/c1-14-15(6-7-16-17(14)13-29-19(16)25)18(24)12-22(31-32(5,27)28)8-10-23(11-9-22)20(26)30-21(2,3)4/h6-7H,8-13H2,1-5H3. The van der Waals surface area contributed by atoms with E-state index >= 15 is 0 Å². The summed E-state index contributed by atoms with van der Waals surface area (Å²) >= 11 is 0. The zero-order valence-corrected chi connectivity index (χ0v) is 19.8. The van der Waals surface area contributed by atoms with Crippen molar-refractivity contribution in [1.82, 2.24) is 4.90 Å². The lowest BCUT2D eigenvalue weighted by molar-refractivity contribution is -0.0151. The van der Waals surface area contributed by atoms with Crippen LogP contribution >= 0.6 is 0 Å². The summed E-state index contributed by atoms with van der Waals surface area (Å²) < 4.78 is 39.8. The number of cyclic esters (lactones) is 1. The topological polar surface area (TPSA) is 116 Å². The molecule has 32 heavy (non-hydrogen) atoms. The fourth-order valence-corrected chi connectivity index (χ4v) is 4.94. The van der Waals surface area contributed by atoms with Gasteiger partial charge in [-0.25, -0.2) is 9.59 Å². The molecule has 2 aliphatic rings. The molecule has 0 atom stereocenters. The van der Waals surface area contributed by atoms with E-state index in [9.17, 15) is 22.8 Å². The van der Waals surface area contributed by atoms with Gasteiger partial charge < -0.3 is 14.4 Å². The van der Waals surface area contributed by atoms with Crippen LogP contribution in [0.15, 0.2) is 12.1 Å². The van der Waals surface area contributed by atoms with Gasteiger partial charge in [-0.15, -0.1) is 0 Å². The maximum Gasteiger partial charge on any atom is 0.410 e. The number of ether oxygens (including phenoxy) is 2. The van der Waals surface area contributed by atoms with Gasteiger partial charge in [-0.3, -0.25) is 8.98 Å². The summed E-state index contributed by atoms with van der Waals surface area (Å²) in [5.74, 6) is -0.715. The molecule has 10 heteroatoms. The number of hydrogen-bond acceptors (Lipinski definition) is 8. The molecule has 2 heterocycles. The molecule has 1 fully saturated rings. The van der Waals surface area contributed by atoms with E-state index in [1.54, 1.807) is 39.8 Å². The van der Waals surface area contributed by atoms with Crippen molar-refractivity contribution < 1.29 is 36.5 Å². The number of Topliss-reactive ketones (excluding diaryl/α,β-unsaturated/α-hetero) is 1. The molecule has 0 aromatic heterocycles. The molecule has 176 valence electrons. The molecule has 0 N–H and O–H groups in total. The van der Waals surface area contributed by atoms with Crippen molar-refractivity contribution >= 4 is 28.0 Å². The van der Waals surface area contributed by atoms with Crippen LogP contribution in [-0.2, 0) is 30.4 Å². The van der Waals surface area contributed by atoms with Crippen molar-refractivity contribution in [3.05, 3.63) is 34.4 Å². The van der Waals surface area contributed by atoms with Gasteiger partial charge in [0, 0.05) is 30.6 Å². The minimum absolute atomic E-state index is 0.108. The van der Waals surface area contributed by atoms with Crippen molar-refractivity contribution in [2.45, 2.75) is 64.8 Å². The average molecular weight is 468 g/mol. The lowest BCUT2D eigenvalue weighted by atomic mass is 9.84. The quantitative estimate of drug-likeness (QED) is 0.369. The first-order valence-corrected chi connectivity index (χ1v) is 12.2. The predicted octanol–water partition coefficient (Wildman–Crippen LogP) is 2.98. The van der Waals surface area contributed by atoms with Gasteiger partial charge in [-0.2, -0.15) is 8.42 Å². The van der Waals surface area contributed by atoms with Crippen molar-refractivity contribution in [2.75, 3.05) is 19.3 Å². The van der Waals surface area contributed by atoms with Crippen LogP contribution in [0.1, 0.15) is 71.9 Å². The van der Waals surface area contributed by atoms with Crippen LogP contribution in [0.2, 0.25) is 0 Å². The highest BCUT2D eigenvalue weighted by Gasteiger charge is 2.43. The van der Waals surface area contributed by atoms with Gasteiger partial charge in [0.2, 0.25) is 0 Å². The second-order valence-corrected chi connectivity index (χ2v) is 11.0. The van der Waals surface area contributed by atoms with E-state index in [1.165, 1.54) is 4.90 Å². The van der Waals surface area contributed by atoms with Crippen LogP contribution in [0.3, 0.4) is 0 Å². The number of carbonyl (C=O) groups is 3. The second kappa shape index (κ2) is 8.47. The van der Waals surface area contributed by atoms with E-state index in [4.69, 9.17) is 13.7 Å². The molecular weight excluding hydrogens is 438 g/mol. The van der Waals surface area contributed by atoms with Gasteiger partial charge in [0.15, 0.2) is 5.78 Å². The van der Waals surface area contributed by atoms with E-state index in [-0.39, 0.29) is 44.7 Å². The van der Waals surface area contributed by atoms with Crippen molar-refractivity contribution in [3.8, 4) is 0 Å². The largest absolute Gasteiger partial charge is 0.457 e. The summed E-state index contributed by atoms with van der Waals surface area (Å²) in [5.41, 5.74) is 0.222. The van der Waals surface area contributed by atoms with Crippen LogP contribution in [0.25, 0.3) is 0 Å². The molecule has 1 amide bonds. The molecule has 1 saturated heterocycles. The molecule has 0 saturated carbocycles. The van der Waals surface area contributed by atoms with Gasteiger partial charge in [-0.1, -0.05) is 6.07 Å². The third-order valence-corrected chi connectivity index (χ3v) is 6.26. The maximum absolute atomic E-state index is 13.2. The van der Waals surface area contributed by atoms with E-state index in [0.29, 0.717) is 22.3 Å². The first-order chi connectivity index (χ1) is 14.7. The Labute approximate surface area is 188 Å². The van der Waals surface area contributed by atoms with Crippen LogP contribution in [0.5, 0.6) is 0 Å². The summed E-state index contributed by atoms with van der Waals surface area (Å²) in [4.78, 5) is 38.8. The average Bonchev–Trinajstić information content (AvgIpc) is 3.01. The number of hydrogen-bond donors (Lipinski definition) is 0. The summed E-state index contributed by atoms with van der Waals surface area (Å²) in [6, 6.07) is 3.12. The highest BCUT2D eigenvalue weighted by molar-refractivity contribution is 7.86. The number of fused-ring (bicyclic) bond motifs is 1. The van der Waals surface area contributed by atoms with Crippen LogP contribution < -0.4 is 0 Å². The van der Waals surface area contributed by atoms with Crippen LogP contribution in [0, 0.1) is 6.92 Å². The third-order valence-electron chi connectivity index (χ3n) is 5.60. The Morgan fingerprint density at radius 1 is 1.19 bits per heavy atom. The molecule has 2 aliphatic heterocycles. The normalized spacial score (nSPS) is 18.2. The number of piperidine rings is 1. The van der Waals surface area contributed by atoms with Crippen molar-refractivity contribution in [1.29, 1.82) is 0 Å². The Morgan fingerprint density at radius 3 is 2.38 bits per heavy atom. The summed E-state index contributed by atoms with van der Waals surface area (Å²) in [7, 11) is -3.86. The molecule has 0 spiro atoms. The monoisotopic (exact) mass is 467 g/mol. The number of amides is 1. The number of nitrogens with zero attached hydrogens (tertiary/aromatic N) is 1. The van der Waals surface area contributed by atoms with Crippen LogP contribution in [-0.4, -0.2) is 61.7 Å². The predicted molar refractivity (Wildman–Crippen MR) is 115 cm³/mol. The third kappa shape index (κ3) is 5.47. The molecule has 3 rings (SSSR count). The number of esters is 1. The van der Waals surface area contributed by atoms with Gasteiger partial charge in [-0.05, 0) is 52.2 Å². The number of carbonyl (C=O) groups excluding carboxylic acids is 3. The van der Waals surface area contributed by atoms with Gasteiger partial charge in [0.05, 0.1) is 17.4 Å². The Balaban J connectivity index is 1.80. The van der Waals surface area contributed by atoms with E-state index in [0.717, 1.165) is 6.26 Å². The molecule has 1 aromatic carbocycles. The molecule has 0 unspecified atom stereocenters. The molecule has 9 nitrogen and oxygen atoms in total. The van der Waals surface area contributed by atoms with E-state index < -0.39 is 33.4 Å². The van der Waals surface area contributed by atoms with Crippen LogP contribution in [0.4, 0.5) is 4.79 Å². The van der Waals surface area contributed by atoms with Gasteiger partial charge in [0.25, 0.3) is 10.1 Å². The fourth-order valence-electron chi connectivity index (χ4n) is 4.07. The Bertz CT molecular complexity index is 1050. The number of likely N-dealkylation sites (tertiary alicyclic amines) is 1. The van der Waals surface area contributed by atoms with E-state index in [1.807, 2.05) is 0 Å². The Hall–Kier alpha value is -2.46. The summed E-state index contributed by atoms with van der Waals surface area (Å²) in [6.45, 7) is 7.54. The maximum atomic E-state index is 13.2. The SMILES string of the molecule is Cc1c(C(=O)CC2(OS(C)(=O)=O)CCN(C(=O)OC(C)(C)C)CC2)ccc2c1COC2=O. The molecular formula is C22H29NO8S. The minimum atomic E-state index is -3.86. The number of ketones is 1. The Kier molecular flexibility index (Phi) is 6.41. The molecule has 0 bridgehead atoms. The first-order valence-electron chi connectivity index (χ1n) is 10.4. The second-order valence-electron chi connectivity index (χ2n) is 9.38. The van der Waals surface area contributed by atoms with Crippen molar-refractivity contribution in [3.63, 3.8) is 0 Å². The lowest BCUT2D eigenvalue weighted by Gasteiger charge is -2.40. The molecule has 0 radical (unpaired) electrons. The fraction of sp³-hybridized carbons (Fsp3) is 0.591. The molecule has 1 aromatic rings. The summed E-state index contributed by atoms with van der Waals surface area (Å²) in [6.07, 6.45) is 0.614. The van der Waals surface area contributed by atoms with E-state index in [2.05, 4.69) is 0 Å². The Morgan fingerprint density at radius 2 is 1.81 bits per heavy atom. The first kappa shape index (κ1) is 24.2. The minimum Gasteiger partial charge on any atom is -0.457 e. The highest BCUT2D eigenvalue weighted by Crippen LogP contribution is 2.35. The number of benzene rings is 1. The zero-order chi connectivity index (χ0) is 23.9. The smallest absolute Gasteiger partial charge is 0.410 e. The highest BCUT2D eigenvalue weighted by atomic mass is 32.2. The lowest BCUT2D eigenvalue weighted by Crippen LogP contribution is -2.50. The summed E-state index contributed by atoms with van der Waals surface area (Å²) in [5, 5.41) is 0. The zero-order valence-electron chi connectivity index (χ0n) is 19.0. The molecule has 0 aliphatic carbocycles. The van der Waals surface area contributed by atoms with Gasteiger partial charge >= 0.3 is 12.1 Å². The van der Waals surface area contributed by atoms with Gasteiger partial charge in [0.1, 0.15) is 12.2 Å².